The first-order valence-electron chi connectivity index (χ1n) is 10.1. The molecule has 3 aromatic heterocycles. The lowest BCUT2D eigenvalue weighted by Gasteiger charge is -2.11. The minimum Gasteiger partial charge on any atom is -0.370 e. The van der Waals surface area contributed by atoms with Crippen molar-refractivity contribution in [1.82, 2.24) is 19.9 Å². The summed E-state index contributed by atoms with van der Waals surface area (Å²) in [6.07, 6.45) is 6.87. The van der Waals surface area contributed by atoms with Gasteiger partial charge >= 0.3 is 0 Å². The highest BCUT2D eigenvalue weighted by molar-refractivity contribution is 9.10. The predicted molar refractivity (Wildman–Crippen MR) is 135 cm³/mol. The van der Waals surface area contributed by atoms with Gasteiger partial charge in [0.15, 0.2) is 5.65 Å². The van der Waals surface area contributed by atoms with Gasteiger partial charge in [-0.2, -0.15) is 21.0 Å². The van der Waals surface area contributed by atoms with Crippen LogP contribution in [0.4, 0.5) is 5.82 Å². The third-order valence-electron chi connectivity index (χ3n) is 4.76. The van der Waals surface area contributed by atoms with E-state index in [1.807, 2.05) is 53.2 Å². The third kappa shape index (κ3) is 5.56. The summed E-state index contributed by atoms with van der Waals surface area (Å²) in [5, 5.41) is 15.4. The molecule has 0 aliphatic rings. The second-order valence-corrected chi connectivity index (χ2v) is 9.09. The Morgan fingerprint density at radius 2 is 2.06 bits per heavy atom. The smallest absolute Gasteiger partial charge is 0.243 e. The van der Waals surface area contributed by atoms with Crippen LogP contribution in [-0.2, 0) is 4.79 Å². The van der Waals surface area contributed by atoms with Crippen molar-refractivity contribution in [3.05, 3.63) is 74.5 Å². The van der Waals surface area contributed by atoms with Crippen LogP contribution < -0.4 is 10.6 Å². The fourth-order valence-corrected chi connectivity index (χ4v) is 4.36. The normalized spacial score (nSPS) is 11.3. The zero-order valence-corrected chi connectivity index (χ0v) is 20.3. The van der Waals surface area contributed by atoms with Crippen LogP contribution in [-0.4, -0.2) is 33.6 Å². The average Bonchev–Trinajstić information content (AvgIpc) is 3.45. The number of halogens is 2. The van der Waals surface area contributed by atoms with Gasteiger partial charge in [-0.1, -0.05) is 29.8 Å². The number of carbonyl (C=O) groups excluding carboxylic acids is 1. The lowest BCUT2D eigenvalue weighted by atomic mass is 10.1. The van der Waals surface area contributed by atoms with Gasteiger partial charge in [0, 0.05) is 35.8 Å². The molecule has 0 aliphatic heterocycles. The average molecular weight is 531 g/mol. The summed E-state index contributed by atoms with van der Waals surface area (Å²) in [4.78, 5) is 16.6. The quantitative estimate of drug-likeness (QED) is 0.209. The lowest BCUT2D eigenvalue weighted by molar-refractivity contribution is -0.116. The standard InChI is InChI=1S/C23H21BrClN5OS/c24-18-14-28-30-21(13-20(29-23(18)30)17-5-1-2-6-19(17)25)26-10-3-4-11-27-22(31)8-7-16-9-12-32-15-16/h1-2,5-9,12-15,26H,3-4,10-11H2,(H,27,31). The molecular weight excluding hydrogens is 510 g/mol. The number of anilines is 1. The molecule has 4 aromatic rings. The summed E-state index contributed by atoms with van der Waals surface area (Å²) in [7, 11) is 0. The van der Waals surface area contributed by atoms with Crippen LogP contribution in [0.3, 0.4) is 0 Å². The molecule has 1 aromatic carbocycles. The van der Waals surface area contributed by atoms with Crippen LogP contribution >= 0.6 is 38.9 Å². The van der Waals surface area contributed by atoms with E-state index in [1.165, 1.54) is 0 Å². The Labute approximate surface area is 203 Å². The van der Waals surface area contributed by atoms with Crippen molar-refractivity contribution in [3.8, 4) is 11.3 Å². The number of aromatic nitrogens is 3. The zero-order valence-electron chi connectivity index (χ0n) is 17.1. The van der Waals surface area contributed by atoms with Gasteiger partial charge in [-0.15, -0.1) is 0 Å². The monoisotopic (exact) mass is 529 g/mol. The van der Waals surface area contributed by atoms with Gasteiger partial charge in [0.25, 0.3) is 0 Å². The molecule has 2 N–H and O–H groups in total. The fraction of sp³-hybridized carbons (Fsp3) is 0.174. The van der Waals surface area contributed by atoms with Crippen LogP contribution in [0.5, 0.6) is 0 Å². The van der Waals surface area contributed by atoms with E-state index in [0.717, 1.165) is 52.1 Å². The third-order valence-corrected chi connectivity index (χ3v) is 6.35. The molecule has 6 nitrogen and oxygen atoms in total. The zero-order chi connectivity index (χ0) is 22.3. The number of rotatable bonds is 9. The Kier molecular flexibility index (Phi) is 7.57. The van der Waals surface area contributed by atoms with E-state index in [9.17, 15) is 4.79 Å². The molecule has 0 spiro atoms. The molecule has 0 radical (unpaired) electrons. The second-order valence-electron chi connectivity index (χ2n) is 7.05. The van der Waals surface area contributed by atoms with Gasteiger partial charge in [0.05, 0.1) is 16.4 Å². The molecule has 0 unspecified atom stereocenters. The first kappa shape index (κ1) is 22.5. The van der Waals surface area contributed by atoms with E-state index in [4.69, 9.17) is 16.6 Å². The van der Waals surface area contributed by atoms with E-state index >= 15 is 0 Å². The van der Waals surface area contributed by atoms with Gasteiger partial charge in [-0.3, -0.25) is 4.79 Å². The van der Waals surface area contributed by atoms with Gasteiger partial charge < -0.3 is 10.6 Å². The van der Waals surface area contributed by atoms with E-state index in [-0.39, 0.29) is 5.91 Å². The molecule has 32 heavy (non-hydrogen) atoms. The highest BCUT2D eigenvalue weighted by Crippen LogP contribution is 2.30. The topological polar surface area (TPSA) is 71.3 Å². The summed E-state index contributed by atoms with van der Waals surface area (Å²) < 4.78 is 2.58. The number of hydrogen-bond acceptors (Lipinski definition) is 5. The van der Waals surface area contributed by atoms with E-state index < -0.39 is 0 Å². The van der Waals surface area contributed by atoms with Gasteiger partial charge in [0.1, 0.15) is 5.82 Å². The first-order valence-corrected chi connectivity index (χ1v) is 12.2. The Hall–Kier alpha value is -2.68. The SMILES string of the molecule is O=C(C=Cc1ccsc1)NCCCCNc1cc(-c2ccccc2Cl)nc2c(Br)cnn12. The summed E-state index contributed by atoms with van der Waals surface area (Å²) in [5.41, 5.74) is 3.40. The minimum atomic E-state index is -0.0780. The molecule has 1 amide bonds. The van der Waals surface area contributed by atoms with Crippen molar-refractivity contribution in [2.75, 3.05) is 18.4 Å². The van der Waals surface area contributed by atoms with Crippen LogP contribution in [0.15, 0.2) is 63.9 Å². The van der Waals surface area contributed by atoms with E-state index in [2.05, 4.69) is 31.7 Å². The van der Waals surface area contributed by atoms with Crippen molar-refractivity contribution >= 4 is 62.3 Å². The van der Waals surface area contributed by atoms with Crippen LogP contribution in [0.2, 0.25) is 5.02 Å². The maximum atomic E-state index is 11.9. The summed E-state index contributed by atoms with van der Waals surface area (Å²) in [6, 6.07) is 11.6. The van der Waals surface area contributed by atoms with Crippen molar-refractivity contribution in [1.29, 1.82) is 0 Å². The number of benzene rings is 1. The molecule has 3 heterocycles. The van der Waals surface area contributed by atoms with E-state index in [0.29, 0.717) is 11.6 Å². The van der Waals surface area contributed by atoms with Gasteiger partial charge in [0.2, 0.25) is 5.91 Å². The molecular formula is C23H21BrClN5OS. The molecule has 0 saturated heterocycles. The Balaban J connectivity index is 1.33. The molecule has 0 saturated carbocycles. The highest BCUT2D eigenvalue weighted by Gasteiger charge is 2.13. The van der Waals surface area contributed by atoms with Crippen molar-refractivity contribution < 1.29 is 4.79 Å². The summed E-state index contributed by atoms with van der Waals surface area (Å²) in [6.45, 7) is 1.36. The van der Waals surface area contributed by atoms with Crippen LogP contribution in [0.1, 0.15) is 18.4 Å². The molecule has 164 valence electrons. The number of nitrogens with one attached hydrogen (secondary N) is 2. The van der Waals surface area contributed by atoms with E-state index in [1.54, 1.807) is 28.1 Å². The lowest BCUT2D eigenvalue weighted by Crippen LogP contribution is -2.22. The summed E-state index contributed by atoms with van der Waals surface area (Å²) in [5.74, 6) is 0.754. The van der Waals surface area contributed by atoms with Gasteiger partial charge in [-0.25, -0.2) is 4.98 Å². The van der Waals surface area contributed by atoms with Crippen molar-refractivity contribution in [2.45, 2.75) is 12.8 Å². The first-order chi connectivity index (χ1) is 15.6. The Bertz CT molecular complexity index is 1240. The number of amides is 1. The second kappa shape index (κ2) is 10.8. The molecule has 9 heteroatoms. The number of hydrogen-bond donors (Lipinski definition) is 2. The predicted octanol–water partition coefficient (Wildman–Crippen LogP) is 5.90. The Morgan fingerprint density at radius 1 is 1.22 bits per heavy atom. The largest absolute Gasteiger partial charge is 0.370 e. The molecule has 0 bridgehead atoms. The maximum absolute atomic E-state index is 11.9. The van der Waals surface area contributed by atoms with Crippen LogP contribution in [0, 0.1) is 0 Å². The Morgan fingerprint density at radius 3 is 2.88 bits per heavy atom. The van der Waals surface area contributed by atoms with Gasteiger partial charge in [-0.05, 0) is 63.3 Å². The summed E-state index contributed by atoms with van der Waals surface area (Å²) >= 11 is 11.5. The minimum absolute atomic E-state index is 0.0780. The van der Waals surface area contributed by atoms with Crippen molar-refractivity contribution in [2.24, 2.45) is 0 Å². The highest BCUT2D eigenvalue weighted by atomic mass is 79.9. The number of thiophene rings is 1. The molecule has 0 fully saturated rings. The molecule has 0 aliphatic carbocycles. The molecule has 0 atom stereocenters. The number of carbonyl (C=O) groups is 1. The molecule has 4 rings (SSSR count). The maximum Gasteiger partial charge on any atom is 0.243 e. The van der Waals surface area contributed by atoms with Crippen molar-refractivity contribution in [3.63, 3.8) is 0 Å². The number of unbranched alkanes of at least 4 members (excludes halogenated alkanes) is 1. The van der Waals surface area contributed by atoms with Crippen LogP contribution in [0.25, 0.3) is 23.0 Å². The number of nitrogens with zero attached hydrogens (tertiary/aromatic N) is 3. The fourth-order valence-electron chi connectivity index (χ4n) is 3.15. The number of fused-ring (bicyclic) bond motifs is 1.